The first-order valence-corrected chi connectivity index (χ1v) is 10.9. The molecule has 29 heavy (non-hydrogen) atoms. The van der Waals surface area contributed by atoms with Crippen LogP contribution in [0.5, 0.6) is 0 Å². The second kappa shape index (κ2) is 7.88. The third-order valence-corrected chi connectivity index (χ3v) is 6.65. The van der Waals surface area contributed by atoms with Crippen LogP contribution in [0.15, 0.2) is 24.3 Å². The normalized spacial score (nSPS) is 25.5. The molecule has 2 aromatic rings. The van der Waals surface area contributed by atoms with Crippen molar-refractivity contribution in [1.82, 2.24) is 4.98 Å². The molecular weight excluding hydrogens is 388 g/mol. The fourth-order valence-corrected chi connectivity index (χ4v) is 5.34. The number of hydrogen-bond donors (Lipinski definition) is 2. The quantitative estimate of drug-likeness (QED) is 0.742. The monoisotopic (exact) mass is 414 g/mol. The van der Waals surface area contributed by atoms with E-state index >= 15 is 0 Å². The third kappa shape index (κ3) is 3.94. The third-order valence-electron chi connectivity index (χ3n) is 5.76. The average molecular weight is 415 g/mol. The van der Waals surface area contributed by atoms with Crippen LogP contribution in [0.4, 0.5) is 5.13 Å². The summed E-state index contributed by atoms with van der Waals surface area (Å²) in [7, 11) is 0. The van der Waals surface area contributed by atoms with Gasteiger partial charge in [0.2, 0.25) is 5.91 Å². The van der Waals surface area contributed by atoms with E-state index in [2.05, 4.69) is 48.4 Å². The lowest BCUT2D eigenvalue weighted by Gasteiger charge is -2.23. The van der Waals surface area contributed by atoms with E-state index in [1.54, 1.807) is 0 Å². The fourth-order valence-electron chi connectivity index (χ4n) is 4.50. The largest absolute Gasteiger partial charge is 0.481 e. The van der Waals surface area contributed by atoms with E-state index in [0.29, 0.717) is 17.5 Å². The van der Waals surface area contributed by atoms with Gasteiger partial charge in [-0.3, -0.25) is 9.59 Å². The summed E-state index contributed by atoms with van der Waals surface area (Å²) in [6.07, 6.45) is 1.81. The summed E-state index contributed by atoms with van der Waals surface area (Å²) in [5.41, 5.74) is 3.15. The van der Waals surface area contributed by atoms with Crippen LogP contribution in [-0.2, 0) is 20.7 Å². The molecule has 6 nitrogen and oxygen atoms in total. The Morgan fingerprint density at radius 2 is 1.86 bits per heavy atom. The van der Waals surface area contributed by atoms with Crippen molar-refractivity contribution in [2.75, 3.05) is 5.32 Å². The SMILES string of the molecule is Cc1sc(NC(=O)[C@@H]2[C@@H](C(=O)O)[C@H]3CC[C@@H]2O3)nc1-c1ccc(CC(C)C)cc1. The number of nitrogens with one attached hydrogen (secondary N) is 1. The standard InChI is InChI=1S/C22H26N2O4S/c1-11(2)10-13-4-6-14(7-5-13)19-12(3)29-22(23-19)24-20(25)17-15-8-9-16(28-15)18(17)21(26)27/h4-7,11,15-18H,8-10H2,1-3H3,(H,26,27)(H,23,24,25)/t15-,16+,17-,18-/m0/s1. The van der Waals surface area contributed by atoms with Crippen LogP contribution in [0.1, 0.15) is 37.1 Å². The van der Waals surface area contributed by atoms with Crippen LogP contribution in [0.25, 0.3) is 11.3 Å². The van der Waals surface area contributed by atoms with Gasteiger partial charge in [-0.2, -0.15) is 0 Å². The average Bonchev–Trinajstić information content (AvgIpc) is 3.36. The van der Waals surface area contributed by atoms with Crippen LogP contribution in [-0.4, -0.2) is 34.2 Å². The Morgan fingerprint density at radius 3 is 2.48 bits per heavy atom. The van der Waals surface area contributed by atoms with Gasteiger partial charge in [-0.05, 0) is 37.7 Å². The van der Waals surface area contributed by atoms with Gasteiger partial charge in [-0.25, -0.2) is 4.98 Å². The van der Waals surface area contributed by atoms with Crippen LogP contribution in [0.2, 0.25) is 0 Å². The van der Waals surface area contributed by atoms with Gasteiger partial charge in [0.15, 0.2) is 5.13 Å². The highest BCUT2D eigenvalue weighted by molar-refractivity contribution is 7.16. The van der Waals surface area contributed by atoms with Crippen LogP contribution in [0.3, 0.4) is 0 Å². The lowest BCUT2D eigenvalue weighted by molar-refractivity contribution is -0.147. The van der Waals surface area contributed by atoms with Gasteiger partial charge in [-0.15, -0.1) is 11.3 Å². The second-order valence-electron chi connectivity index (χ2n) is 8.39. The number of amides is 1. The zero-order valence-corrected chi connectivity index (χ0v) is 17.7. The molecule has 0 spiro atoms. The number of anilines is 1. The smallest absolute Gasteiger partial charge is 0.310 e. The summed E-state index contributed by atoms with van der Waals surface area (Å²) >= 11 is 1.41. The molecule has 2 aliphatic heterocycles. The number of carbonyl (C=O) groups excluding carboxylic acids is 1. The molecule has 4 atom stereocenters. The molecule has 2 fully saturated rings. The minimum atomic E-state index is -0.963. The van der Waals surface area contributed by atoms with Crippen molar-refractivity contribution in [2.24, 2.45) is 17.8 Å². The Kier molecular flexibility index (Phi) is 5.44. The maximum atomic E-state index is 12.8. The highest BCUT2D eigenvalue weighted by Gasteiger charge is 2.55. The van der Waals surface area contributed by atoms with Crippen molar-refractivity contribution in [3.05, 3.63) is 34.7 Å². The van der Waals surface area contributed by atoms with E-state index in [1.165, 1.54) is 16.9 Å². The Labute approximate surface area is 174 Å². The summed E-state index contributed by atoms with van der Waals surface area (Å²) in [4.78, 5) is 30.1. The maximum absolute atomic E-state index is 12.8. The minimum absolute atomic E-state index is 0.308. The number of hydrogen-bond acceptors (Lipinski definition) is 5. The van der Waals surface area contributed by atoms with Crippen LogP contribution < -0.4 is 5.32 Å². The van der Waals surface area contributed by atoms with E-state index in [-0.39, 0.29) is 18.1 Å². The second-order valence-corrected chi connectivity index (χ2v) is 9.59. The first-order valence-electron chi connectivity index (χ1n) is 10.1. The van der Waals surface area contributed by atoms with E-state index < -0.39 is 17.8 Å². The lowest BCUT2D eigenvalue weighted by Crippen LogP contribution is -2.40. The number of rotatable bonds is 6. The molecule has 0 aliphatic carbocycles. The molecule has 1 aromatic heterocycles. The highest BCUT2D eigenvalue weighted by atomic mass is 32.1. The zero-order valence-electron chi connectivity index (χ0n) is 16.8. The van der Waals surface area contributed by atoms with Crippen molar-refractivity contribution in [2.45, 2.75) is 52.2 Å². The number of fused-ring (bicyclic) bond motifs is 2. The number of thiazole rings is 1. The number of ether oxygens (including phenoxy) is 1. The molecule has 2 N–H and O–H groups in total. The van der Waals surface area contributed by atoms with E-state index in [0.717, 1.165) is 29.0 Å². The molecule has 1 amide bonds. The van der Waals surface area contributed by atoms with Crippen LogP contribution >= 0.6 is 11.3 Å². The number of carbonyl (C=O) groups is 2. The predicted octanol–water partition coefficient (Wildman–Crippen LogP) is 4.13. The first kappa shape index (κ1) is 20.0. The van der Waals surface area contributed by atoms with Gasteiger partial charge in [0.1, 0.15) is 0 Å². The predicted molar refractivity (Wildman–Crippen MR) is 112 cm³/mol. The van der Waals surface area contributed by atoms with Crippen molar-refractivity contribution in [1.29, 1.82) is 0 Å². The number of carboxylic acids is 1. The Bertz CT molecular complexity index is 921. The van der Waals surface area contributed by atoms with Gasteiger partial charge in [0.05, 0.1) is 29.7 Å². The molecule has 0 saturated carbocycles. The molecule has 2 bridgehead atoms. The van der Waals surface area contributed by atoms with Crippen molar-refractivity contribution in [3.8, 4) is 11.3 Å². The molecule has 4 rings (SSSR count). The van der Waals surface area contributed by atoms with Gasteiger partial charge < -0.3 is 15.2 Å². The van der Waals surface area contributed by atoms with E-state index in [1.807, 2.05) is 6.92 Å². The van der Waals surface area contributed by atoms with E-state index in [9.17, 15) is 14.7 Å². The molecule has 154 valence electrons. The lowest BCUT2D eigenvalue weighted by atomic mass is 9.79. The number of aromatic nitrogens is 1. The molecule has 2 aliphatic rings. The van der Waals surface area contributed by atoms with Crippen molar-refractivity contribution in [3.63, 3.8) is 0 Å². The van der Waals surface area contributed by atoms with Gasteiger partial charge in [0, 0.05) is 10.4 Å². The number of aryl methyl sites for hydroxylation is 1. The van der Waals surface area contributed by atoms with Crippen molar-refractivity contribution < 1.29 is 19.4 Å². The van der Waals surface area contributed by atoms with Crippen LogP contribution in [0, 0.1) is 24.7 Å². The molecule has 3 heterocycles. The number of nitrogens with zero attached hydrogens (tertiary/aromatic N) is 1. The van der Waals surface area contributed by atoms with Gasteiger partial charge in [-0.1, -0.05) is 38.1 Å². The molecule has 2 saturated heterocycles. The number of benzene rings is 1. The molecule has 0 unspecified atom stereocenters. The van der Waals surface area contributed by atoms with Crippen molar-refractivity contribution >= 4 is 28.3 Å². The number of carboxylic acid groups (broad SMARTS) is 1. The van der Waals surface area contributed by atoms with Gasteiger partial charge >= 0.3 is 5.97 Å². The maximum Gasteiger partial charge on any atom is 0.310 e. The summed E-state index contributed by atoms with van der Waals surface area (Å²) in [5, 5.41) is 12.9. The van der Waals surface area contributed by atoms with Gasteiger partial charge in [0.25, 0.3) is 0 Å². The zero-order chi connectivity index (χ0) is 20.7. The fraction of sp³-hybridized carbons (Fsp3) is 0.500. The Balaban J connectivity index is 1.49. The molecule has 7 heteroatoms. The topological polar surface area (TPSA) is 88.5 Å². The highest BCUT2D eigenvalue weighted by Crippen LogP contribution is 2.44. The first-order chi connectivity index (χ1) is 13.8. The summed E-state index contributed by atoms with van der Waals surface area (Å²) in [5.74, 6) is -2.10. The summed E-state index contributed by atoms with van der Waals surface area (Å²) in [6, 6.07) is 8.37. The minimum Gasteiger partial charge on any atom is -0.481 e. The number of aliphatic carboxylic acids is 1. The van der Waals surface area contributed by atoms with E-state index in [4.69, 9.17) is 4.74 Å². The summed E-state index contributed by atoms with van der Waals surface area (Å²) in [6.45, 7) is 6.37. The Morgan fingerprint density at radius 1 is 1.21 bits per heavy atom. The Hall–Kier alpha value is -2.25. The molecule has 1 aromatic carbocycles. The molecular formula is C22H26N2O4S. The molecule has 0 radical (unpaired) electrons. The summed E-state index contributed by atoms with van der Waals surface area (Å²) < 4.78 is 5.70.